The monoisotopic (exact) mass is 343 g/mol. The Hall–Kier alpha value is -2.90. The Morgan fingerprint density at radius 2 is 2.20 bits per heavy atom. The number of hydrogen-bond acceptors (Lipinski definition) is 6. The van der Waals surface area contributed by atoms with Crippen molar-refractivity contribution in [3.63, 3.8) is 0 Å². The van der Waals surface area contributed by atoms with Gasteiger partial charge < -0.3 is 15.5 Å². The summed E-state index contributed by atoms with van der Waals surface area (Å²) in [5, 5.41) is 36.9. The third-order valence-electron chi connectivity index (χ3n) is 4.49. The highest BCUT2D eigenvalue weighted by atomic mass is 16.3. The number of hydrogen-bond donors (Lipinski definition) is 4. The summed E-state index contributed by atoms with van der Waals surface area (Å²) in [6.45, 7) is 3.83. The van der Waals surface area contributed by atoms with Crippen molar-refractivity contribution in [3.05, 3.63) is 40.2 Å². The summed E-state index contributed by atoms with van der Waals surface area (Å²) in [4.78, 5) is 12.5. The Bertz CT molecular complexity index is 814. The van der Waals surface area contributed by atoms with Gasteiger partial charge in [0.05, 0.1) is 12.1 Å². The van der Waals surface area contributed by atoms with Gasteiger partial charge in [-0.2, -0.15) is 0 Å². The molecule has 8 nitrogen and oxygen atoms in total. The molecule has 0 radical (unpaired) electrons. The summed E-state index contributed by atoms with van der Waals surface area (Å²) in [6, 6.07) is 1.53. The maximum Gasteiger partial charge on any atom is 0.255 e. The normalized spacial score (nSPS) is 17.2. The van der Waals surface area contributed by atoms with Crippen molar-refractivity contribution >= 4 is 5.91 Å². The molecule has 1 aliphatic carbocycles. The van der Waals surface area contributed by atoms with Crippen LogP contribution in [0.3, 0.4) is 0 Å². The third kappa shape index (κ3) is 3.47. The molecule has 1 heterocycles. The molecule has 1 aromatic heterocycles. The summed E-state index contributed by atoms with van der Waals surface area (Å²) in [5.41, 5.74) is 2.30. The molecule has 8 heteroatoms. The van der Waals surface area contributed by atoms with Gasteiger partial charge in [0, 0.05) is 11.5 Å². The zero-order valence-corrected chi connectivity index (χ0v) is 14.2. The maximum absolute atomic E-state index is 12.5. The molecule has 0 saturated heterocycles. The SMILES string of the molecule is CC1=CC(c2c(O)cc(C)c(C(=O)NCc3nnn[nH]3)c2O)CCC1. The van der Waals surface area contributed by atoms with Crippen LogP contribution in [0, 0.1) is 6.92 Å². The van der Waals surface area contributed by atoms with Crippen molar-refractivity contribution in [1.29, 1.82) is 0 Å². The van der Waals surface area contributed by atoms with Crippen LogP contribution in [-0.2, 0) is 6.54 Å². The van der Waals surface area contributed by atoms with Gasteiger partial charge in [0.15, 0.2) is 5.82 Å². The van der Waals surface area contributed by atoms with E-state index in [0.29, 0.717) is 17.0 Å². The number of aromatic amines is 1. The number of aromatic nitrogens is 4. The number of aryl methyl sites for hydroxylation is 1. The van der Waals surface area contributed by atoms with Crippen LogP contribution in [-0.4, -0.2) is 36.7 Å². The minimum absolute atomic E-state index is 0.0157. The molecule has 2 aromatic rings. The number of nitrogens with zero attached hydrogens (tertiary/aromatic N) is 3. The van der Waals surface area contributed by atoms with Gasteiger partial charge in [-0.3, -0.25) is 4.79 Å². The average molecular weight is 343 g/mol. The molecule has 1 aliphatic rings. The molecule has 1 amide bonds. The smallest absolute Gasteiger partial charge is 0.255 e. The molecule has 4 N–H and O–H groups in total. The molecule has 25 heavy (non-hydrogen) atoms. The number of rotatable bonds is 4. The van der Waals surface area contributed by atoms with Gasteiger partial charge in [-0.1, -0.05) is 11.6 Å². The number of carbonyl (C=O) groups is 1. The number of benzene rings is 1. The van der Waals surface area contributed by atoms with Gasteiger partial charge in [-0.05, 0) is 55.2 Å². The van der Waals surface area contributed by atoms with Gasteiger partial charge in [0.2, 0.25) is 0 Å². The molecule has 1 aromatic carbocycles. The highest BCUT2D eigenvalue weighted by molar-refractivity contribution is 5.99. The van der Waals surface area contributed by atoms with Gasteiger partial charge in [0.25, 0.3) is 5.91 Å². The molecular formula is C17H21N5O3. The predicted molar refractivity (Wildman–Crippen MR) is 90.2 cm³/mol. The number of nitrogens with one attached hydrogen (secondary N) is 2. The van der Waals surface area contributed by atoms with Crippen molar-refractivity contribution < 1.29 is 15.0 Å². The Morgan fingerprint density at radius 3 is 2.88 bits per heavy atom. The summed E-state index contributed by atoms with van der Waals surface area (Å²) < 4.78 is 0. The van der Waals surface area contributed by atoms with E-state index < -0.39 is 5.91 Å². The first-order valence-corrected chi connectivity index (χ1v) is 8.21. The maximum atomic E-state index is 12.5. The third-order valence-corrected chi connectivity index (χ3v) is 4.49. The zero-order chi connectivity index (χ0) is 18.0. The van der Waals surface area contributed by atoms with E-state index in [1.807, 2.05) is 6.92 Å². The number of aromatic hydroxyl groups is 2. The van der Waals surface area contributed by atoms with Gasteiger partial charge in [-0.15, -0.1) is 5.10 Å². The topological polar surface area (TPSA) is 124 Å². The molecule has 0 fully saturated rings. The van der Waals surface area contributed by atoms with Crippen molar-refractivity contribution in [3.8, 4) is 11.5 Å². The van der Waals surface area contributed by atoms with Crippen LogP contribution in [0.4, 0.5) is 0 Å². The average Bonchev–Trinajstić information content (AvgIpc) is 3.06. The van der Waals surface area contributed by atoms with Crippen molar-refractivity contribution in [1.82, 2.24) is 25.9 Å². The first kappa shape index (κ1) is 16.9. The molecule has 0 bridgehead atoms. The Morgan fingerprint density at radius 1 is 1.40 bits per heavy atom. The van der Waals surface area contributed by atoms with Crippen LogP contribution in [0.25, 0.3) is 0 Å². The summed E-state index contributed by atoms with van der Waals surface area (Å²) >= 11 is 0. The van der Waals surface area contributed by atoms with Crippen LogP contribution in [0.2, 0.25) is 0 Å². The molecule has 1 unspecified atom stereocenters. The second-order valence-corrected chi connectivity index (χ2v) is 6.39. The zero-order valence-electron chi connectivity index (χ0n) is 14.2. The number of amides is 1. The van der Waals surface area contributed by atoms with E-state index in [9.17, 15) is 15.0 Å². The molecule has 0 saturated carbocycles. The van der Waals surface area contributed by atoms with Crippen LogP contribution in [0.1, 0.15) is 59.4 Å². The highest BCUT2D eigenvalue weighted by Crippen LogP contribution is 2.43. The standard InChI is InChI=1S/C17H21N5O3/c1-9-4-3-5-11(6-9)15-12(23)7-10(2)14(16(15)24)17(25)18-8-13-19-21-22-20-13/h6-7,11,23-24H,3-5,8H2,1-2H3,(H,18,25)(H,19,20,21,22). The number of carbonyl (C=O) groups excluding carboxylic acids is 1. The van der Waals surface area contributed by atoms with E-state index >= 15 is 0 Å². The van der Waals surface area contributed by atoms with Gasteiger partial charge in [-0.25, -0.2) is 5.10 Å². The summed E-state index contributed by atoms with van der Waals surface area (Å²) in [7, 11) is 0. The number of phenolic OH excluding ortho intramolecular Hbond substituents is 2. The van der Waals surface area contributed by atoms with Crippen molar-refractivity contribution in [2.75, 3.05) is 0 Å². The lowest BCUT2D eigenvalue weighted by atomic mass is 9.83. The van der Waals surface area contributed by atoms with E-state index in [0.717, 1.165) is 19.3 Å². The lowest BCUT2D eigenvalue weighted by Crippen LogP contribution is -2.25. The van der Waals surface area contributed by atoms with E-state index in [4.69, 9.17) is 0 Å². The van der Waals surface area contributed by atoms with E-state index in [1.165, 1.54) is 11.6 Å². The minimum Gasteiger partial charge on any atom is -0.507 e. The molecule has 0 aliphatic heterocycles. The molecule has 132 valence electrons. The van der Waals surface area contributed by atoms with Crippen LogP contribution < -0.4 is 5.32 Å². The Labute approximate surface area is 145 Å². The molecule has 1 atom stereocenters. The predicted octanol–water partition coefficient (Wildman–Crippen LogP) is 2.06. The Balaban J connectivity index is 1.92. The fourth-order valence-electron chi connectivity index (χ4n) is 3.29. The lowest BCUT2D eigenvalue weighted by molar-refractivity contribution is 0.0946. The second kappa shape index (κ2) is 6.92. The van der Waals surface area contributed by atoms with Crippen molar-refractivity contribution in [2.24, 2.45) is 0 Å². The first-order valence-electron chi connectivity index (χ1n) is 8.21. The van der Waals surface area contributed by atoms with E-state index in [2.05, 4.69) is 32.0 Å². The van der Waals surface area contributed by atoms with Crippen LogP contribution in [0.5, 0.6) is 11.5 Å². The molecule has 0 spiro atoms. The Kier molecular flexibility index (Phi) is 4.69. The fourth-order valence-corrected chi connectivity index (χ4v) is 3.29. The van der Waals surface area contributed by atoms with Gasteiger partial charge in [0.1, 0.15) is 11.5 Å². The van der Waals surface area contributed by atoms with Crippen LogP contribution in [0.15, 0.2) is 17.7 Å². The highest BCUT2D eigenvalue weighted by Gasteiger charge is 2.26. The summed E-state index contributed by atoms with van der Waals surface area (Å²) in [6.07, 6.45) is 4.88. The summed E-state index contributed by atoms with van der Waals surface area (Å²) in [5.74, 6) is -0.276. The molecular weight excluding hydrogens is 322 g/mol. The van der Waals surface area contributed by atoms with E-state index in [-0.39, 0.29) is 29.5 Å². The number of tetrazole rings is 1. The lowest BCUT2D eigenvalue weighted by Gasteiger charge is -2.23. The number of allylic oxidation sites excluding steroid dienone is 2. The van der Waals surface area contributed by atoms with Crippen molar-refractivity contribution in [2.45, 2.75) is 45.6 Å². The minimum atomic E-state index is -0.441. The quantitative estimate of drug-likeness (QED) is 0.630. The van der Waals surface area contributed by atoms with E-state index in [1.54, 1.807) is 6.92 Å². The van der Waals surface area contributed by atoms with Crippen LogP contribution >= 0.6 is 0 Å². The fraction of sp³-hybridized carbons (Fsp3) is 0.412. The second-order valence-electron chi connectivity index (χ2n) is 6.39. The largest absolute Gasteiger partial charge is 0.507 e. The van der Waals surface area contributed by atoms with Gasteiger partial charge >= 0.3 is 0 Å². The number of phenols is 2. The first-order chi connectivity index (χ1) is 12.0. The number of H-pyrrole nitrogens is 1. The molecule has 3 rings (SSSR count).